The van der Waals surface area contributed by atoms with Gasteiger partial charge in [-0.05, 0) is 79.4 Å². The molecule has 4 aliphatic rings. The largest absolute Gasteiger partial charge is 0.497 e. The first-order valence-corrected chi connectivity index (χ1v) is 9.36. The molecule has 0 amide bonds. The molecule has 114 valence electrons. The molecule has 1 unspecified atom stereocenters. The molecule has 21 heavy (non-hydrogen) atoms. The van der Waals surface area contributed by atoms with E-state index < -0.39 is 0 Å². The second-order valence-electron chi connectivity index (χ2n) is 7.30. The molecule has 4 aliphatic carbocycles. The van der Waals surface area contributed by atoms with Crippen molar-refractivity contribution in [3.8, 4) is 5.75 Å². The zero-order valence-corrected chi connectivity index (χ0v) is 14.7. The molecule has 0 spiro atoms. The fraction of sp³-hybridized carbons (Fsp3) is 0.667. The molecular formula is C18H22BrClO. The van der Waals surface area contributed by atoms with Crippen LogP contribution in [0.4, 0.5) is 0 Å². The third-order valence-electron chi connectivity index (χ3n) is 6.14. The lowest BCUT2D eigenvalue weighted by molar-refractivity contribution is -0.0381. The predicted molar refractivity (Wildman–Crippen MR) is 89.8 cm³/mol. The zero-order chi connectivity index (χ0) is 14.6. The van der Waals surface area contributed by atoms with Gasteiger partial charge < -0.3 is 4.74 Å². The first-order valence-electron chi connectivity index (χ1n) is 8.13. The smallest absolute Gasteiger partial charge is 0.120 e. The Kier molecular flexibility index (Phi) is 3.74. The van der Waals surface area contributed by atoms with Gasteiger partial charge in [-0.15, -0.1) is 11.6 Å². The Morgan fingerprint density at radius 2 is 1.71 bits per heavy atom. The highest BCUT2D eigenvalue weighted by molar-refractivity contribution is 9.10. The van der Waals surface area contributed by atoms with E-state index in [1.807, 2.05) is 12.1 Å². The fourth-order valence-corrected chi connectivity index (χ4v) is 6.85. The van der Waals surface area contributed by atoms with Gasteiger partial charge in [-0.1, -0.05) is 22.0 Å². The first-order chi connectivity index (χ1) is 10.2. The first kappa shape index (κ1) is 14.4. The third kappa shape index (κ3) is 2.43. The number of alkyl halides is 1. The van der Waals surface area contributed by atoms with E-state index in [1.165, 1.54) is 37.7 Å². The van der Waals surface area contributed by atoms with Crippen LogP contribution < -0.4 is 4.74 Å². The van der Waals surface area contributed by atoms with Crippen LogP contribution in [0.3, 0.4) is 0 Å². The minimum Gasteiger partial charge on any atom is -0.497 e. The average Bonchev–Trinajstić information content (AvgIpc) is 2.45. The van der Waals surface area contributed by atoms with Crippen LogP contribution in [0.25, 0.3) is 0 Å². The van der Waals surface area contributed by atoms with Crippen molar-refractivity contribution in [2.24, 2.45) is 29.6 Å². The monoisotopic (exact) mass is 368 g/mol. The summed E-state index contributed by atoms with van der Waals surface area (Å²) in [4.78, 5) is 0. The van der Waals surface area contributed by atoms with Gasteiger partial charge in [-0.3, -0.25) is 0 Å². The molecule has 1 aromatic carbocycles. The molecule has 1 atom stereocenters. The Hall–Kier alpha value is -0.210. The molecule has 4 bridgehead atoms. The highest BCUT2D eigenvalue weighted by atomic mass is 79.9. The maximum Gasteiger partial charge on any atom is 0.120 e. The SMILES string of the molecule is COc1ccc(C(Cl)C2C3CC4CC(C3)CC2C4)c(Br)c1. The number of ether oxygens (including phenoxy) is 1. The van der Waals surface area contributed by atoms with Gasteiger partial charge >= 0.3 is 0 Å². The molecule has 0 radical (unpaired) electrons. The van der Waals surface area contributed by atoms with Crippen molar-refractivity contribution in [1.29, 1.82) is 0 Å². The van der Waals surface area contributed by atoms with Crippen LogP contribution in [-0.4, -0.2) is 7.11 Å². The van der Waals surface area contributed by atoms with Crippen molar-refractivity contribution < 1.29 is 4.74 Å². The summed E-state index contributed by atoms with van der Waals surface area (Å²) in [7, 11) is 1.71. The summed E-state index contributed by atoms with van der Waals surface area (Å²) in [6.45, 7) is 0. The van der Waals surface area contributed by atoms with E-state index >= 15 is 0 Å². The molecule has 0 heterocycles. The molecule has 3 heteroatoms. The maximum absolute atomic E-state index is 6.98. The number of hydrogen-bond acceptors (Lipinski definition) is 1. The van der Waals surface area contributed by atoms with Crippen LogP contribution in [0.15, 0.2) is 22.7 Å². The van der Waals surface area contributed by atoms with Crippen molar-refractivity contribution in [2.45, 2.75) is 37.5 Å². The summed E-state index contributed by atoms with van der Waals surface area (Å²) >= 11 is 10.7. The lowest BCUT2D eigenvalue weighted by Crippen LogP contribution is -2.46. The number of benzene rings is 1. The van der Waals surface area contributed by atoms with Gasteiger partial charge in [0.25, 0.3) is 0 Å². The molecule has 5 rings (SSSR count). The van der Waals surface area contributed by atoms with Gasteiger partial charge in [-0.25, -0.2) is 0 Å². The van der Waals surface area contributed by atoms with Gasteiger partial charge in [0.2, 0.25) is 0 Å². The summed E-state index contributed by atoms with van der Waals surface area (Å²) in [5.74, 6) is 5.29. The van der Waals surface area contributed by atoms with E-state index in [0.717, 1.165) is 33.9 Å². The standard InChI is InChI=1S/C18H22BrClO/c1-21-14-2-3-15(16(19)9-14)18(20)17-12-5-10-4-11(7-12)8-13(17)6-10/h2-3,9-13,17-18H,4-8H2,1H3. The molecule has 4 saturated carbocycles. The van der Waals surface area contributed by atoms with Crippen LogP contribution >= 0.6 is 27.5 Å². The Morgan fingerprint density at radius 1 is 1.10 bits per heavy atom. The van der Waals surface area contributed by atoms with E-state index in [9.17, 15) is 0 Å². The molecule has 1 aromatic rings. The molecule has 0 aromatic heterocycles. The number of hydrogen-bond donors (Lipinski definition) is 0. The van der Waals surface area contributed by atoms with E-state index in [4.69, 9.17) is 16.3 Å². The van der Waals surface area contributed by atoms with Crippen molar-refractivity contribution in [3.63, 3.8) is 0 Å². The Labute approximate surface area is 140 Å². The summed E-state index contributed by atoms with van der Waals surface area (Å²) in [5, 5.41) is 0.139. The van der Waals surface area contributed by atoms with Gasteiger partial charge in [0.05, 0.1) is 12.5 Å². The lowest BCUT2D eigenvalue weighted by atomic mass is 9.51. The molecular weight excluding hydrogens is 348 g/mol. The van der Waals surface area contributed by atoms with Crippen LogP contribution in [0.2, 0.25) is 0 Å². The zero-order valence-electron chi connectivity index (χ0n) is 12.4. The predicted octanol–water partition coefficient (Wildman–Crippen LogP) is 5.81. The van der Waals surface area contributed by atoms with Gasteiger partial charge in [0.1, 0.15) is 5.75 Å². The van der Waals surface area contributed by atoms with Crippen molar-refractivity contribution in [3.05, 3.63) is 28.2 Å². The topological polar surface area (TPSA) is 9.23 Å². The number of rotatable bonds is 3. The average molecular weight is 370 g/mol. The summed E-state index contributed by atoms with van der Waals surface area (Å²) in [6.07, 6.45) is 7.20. The van der Waals surface area contributed by atoms with Gasteiger partial charge in [-0.2, -0.15) is 0 Å². The number of methoxy groups -OCH3 is 1. The lowest BCUT2D eigenvalue weighted by Gasteiger charge is -2.55. The Balaban J connectivity index is 1.61. The minimum atomic E-state index is 0.139. The van der Waals surface area contributed by atoms with E-state index in [2.05, 4.69) is 22.0 Å². The van der Waals surface area contributed by atoms with Crippen molar-refractivity contribution in [1.82, 2.24) is 0 Å². The van der Waals surface area contributed by atoms with Crippen LogP contribution in [0, 0.1) is 29.6 Å². The third-order valence-corrected chi connectivity index (χ3v) is 7.36. The van der Waals surface area contributed by atoms with E-state index in [-0.39, 0.29) is 5.38 Å². The van der Waals surface area contributed by atoms with Crippen LogP contribution in [-0.2, 0) is 0 Å². The Morgan fingerprint density at radius 3 is 2.24 bits per heavy atom. The van der Waals surface area contributed by atoms with Crippen LogP contribution in [0.5, 0.6) is 5.75 Å². The minimum absolute atomic E-state index is 0.139. The van der Waals surface area contributed by atoms with Crippen molar-refractivity contribution in [2.75, 3.05) is 7.11 Å². The Bertz CT molecular complexity index is 516. The highest BCUT2D eigenvalue weighted by Gasteiger charge is 2.50. The van der Waals surface area contributed by atoms with E-state index in [0.29, 0.717) is 5.92 Å². The molecule has 1 nitrogen and oxygen atoms in total. The quantitative estimate of drug-likeness (QED) is 0.611. The van der Waals surface area contributed by atoms with Gasteiger partial charge in [0.15, 0.2) is 0 Å². The summed E-state index contributed by atoms with van der Waals surface area (Å²) in [5.41, 5.74) is 1.25. The van der Waals surface area contributed by atoms with E-state index in [1.54, 1.807) is 7.11 Å². The number of halogens is 2. The molecule has 0 aliphatic heterocycles. The molecule has 4 fully saturated rings. The fourth-order valence-electron chi connectivity index (χ4n) is 5.51. The van der Waals surface area contributed by atoms with Crippen molar-refractivity contribution >= 4 is 27.5 Å². The van der Waals surface area contributed by atoms with Crippen LogP contribution in [0.1, 0.15) is 43.0 Å². The highest BCUT2D eigenvalue weighted by Crippen LogP contribution is 2.60. The molecule has 0 saturated heterocycles. The summed E-state index contributed by atoms with van der Waals surface area (Å²) in [6, 6.07) is 6.22. The summed E-state index contributed by atoms with van der Waals surface area (Å²) < 4.78 is 6.39. The van der Waals surface area contributed by atoms with Gasteiger partial charge in [0, 0.05) is 4.47 Å². The second-order valence-corrected chi connectivity index (χ2v) is 8.62. The maximum atomic E-state index is 6.98. The molecule has 0 N–H and O–H groups in total. The normalized spacial score (nSPS) is 38.5. The second kappa shape index (κ2) is 5.45.